The highest BCUT2D eigenvalue weighted by Gasteiger charge is 2.36. The Kier molecular flexibility index (Phi) is 60.4. The molecule has 0 aliphatic carbocycles. The van der Waals surface area contributed by atoms with Crippen LogP contribution < -0.4 is 0 Å². The maximum atomic E-state index is 13.4. The van der Waals surface area contributed by atoms with Crippen LogP contribution in [-0.4, -0.2) is 66.3 Å². The van der Waals surface area contributed by atoms with Crippen molar-refractivity contribution >= 4 is 44.3 Å². The van der Waals surface area contributed by atoms with Crippen molar-refractivity contribution in [1.82, 2.24) is 0 Å². The zero-order valence-corrected chi connectivity index (χ0v) is 52.3. The van der Waals surface area contributed by atoms with E-state index in [1.54, 1.807) is 0 Å². The van der Waals surface area contributed by atoms with Gasteiger partial charge < -0.3 is 0 Å². The topological polar surface area (TPSA) is 105 Å². The van der Waals surface area contributed by atoms with Gasteiger partial charge in [0.2, 0.25) is 0 Å². The first-order valence-corrected chi connectivity index (χ1v) is 36.9. The van der Waals surface area contributed by atoms with E-state index in [4.69, 9.17) is 16.7 Å². The van der Waals surface area contributed by atoms with Crippen molar-refractivity contribution in [2.24, 2.45) is 5.41 Å². The summed E-state index contributed by atoms with van der Waals surface area (Å²) in [4.78, 5) is 0. The van der Waals surface area contributed by atoms with Crippen LogP contribution in [0.2, 0.25) is 0 Å². The predicted molar refractivity (Wildman–Crippen MR) is 323 cm³/mol. The van der Waals surface area contributed by atoms with E-state index in [9.17, 15) is 16.8 Å². The SMILES string of the molecule is CCCCCCCCCCCCCCS(=O)OCC(COS(=O)CCCCCCCCCCCCCC)(COS(=O)CCCCCCCCCCCCCC)COS(=O)CCCCCCCCCCCCCC. The predicted octanol–water partition coefficient (Wildman–Crippen LogP) is 19.5. The summed E-state index contributed by atoms with van der Waals surface area (Å²) in [5.74, 6) is 1.71. The van der Waals surface area contributed by atoms with Crippen LogP contribution in [-0.2, 0) is 61.1 Å². The highest BCUT2D eigenvalue weighted by molar-refractivity contribution is 7.80. The largest absolute Gasteiger partial charge is 0.290 e. The Morgan fingerprint density at radius 3 is 0.466 bits per heavy atom. The summed E-state index contributed by atoms with van der Waals surface area (Å²) in [6, 6.07) is 0. The van der Waals surface area contributed by atoms with Crippen molar-refractivity contribution in [2.75, 3.05) is 49.4 Å². The molecule has 0 fully saturated rings. The molecule has 0 aromatic carbocycles. The first kappa shape index (κ1) is 73.4. The lowest BCUT2D eigenvalue weighted by molar-refractivity contribution is 0.0112. The molecule has 0 radical (unpaired) electrons. The van der Waals surface area contributed by atoms with Crippen molar-refractivity contribution < 1.29 is 33.6 Å². The Morgan fingerprint density at radius 2 is 0.329 bits per heavy atom. The third kappa shape index (κ3) is 55.5. The standard InChI is InChI=1S/C61H124O8S4/c1-5-9-13-17-21-25-29-33-37-41-45-49-53-70(62)66-57-61(58-67-71(63)54-50-46-42-38-34-30-26-22-18-14-10-6-2,59-68-72(64)55-51-47-43-39-35-31-27-23-19-15-11-7-3)60-69-73(65)56-52-48-44-40-36-32-28-24-20-16-12-8-4/h5-60H2,1-4H3. The summed E-state index contributed by atoms with van der Waals surface area (Å²) >= 11 is -6.23. The third-order valence-corrected chi connectivity index (χ3v) is 18.7. The van der Waals surface area contributed by atoms with Gasteiger partial charge in [0.05, 0.1) is 31.8 Å². The average molecular weight is 1110 g/mol. The third-order valence-electron chi connectivity index (χ3n) is 14.6. The first-order chi connectivity index (χ1) is 35.8. The molecule has 4 unspecified atom stereocenters. The Labute approximate surface area is 465 Å². The lowest BCUT2D eigenvalue weighted by Crippen LogP contribution is -2.43. The van der Waals surface area contributed by atoms with Gasteiger partial charge in [0, 0.05) is 23.0 Å². The van der Waals surface area contributed by atoms with Crippen LogP contribution in [0.25, 0.3) is 0 Å². The maximum Gasteiger partial charge on any atom is 0.155 e. The van der Waals surface area contributed by atoms with Crippen LogP contribution in [0.1, 0.15) is 336 Å². The molecule has 0 heterocycles. The van der Waals surface area contributed by atoms with Crippen molar-refractivity contribution in [3.63, 3.8) is 0 Å². The second-order valence-electron chi connectivity index (χ2n) is 22.1. The zero-order valence-electron chi connectivity index (χ0n) is 49.0. The molecule has 12 heteroatoms. The average Bonchev–Trinajstić information content (AvgIpc) is 3.39. The second kappa shape index (κ2) is 60.1. The fourth-order valence-electron chi connectivity index (χ4n) is 9.49. The van der Waals surface area contributed by atoms with Gasteiger partial charge >= 0.3 is 0 Å². The van der Waals surface area contributed by atoms with E-state index in [0.717, 1.165) is 77.0 Å². The van der Waals surface area contributed by atoms with E-state index >= 15 is 0 Å². The molecule has 0 spiro atoms. The highest BCUT2D eigenvalue weighted by atomic mass is 32.2. The van der Waals surface area contributed by atoms with Crippen LogP contribution in [0.4, 0.5) is 0 Å². The Morgan fingerprint density at radius 1 is 0.205 bits per heavy atom. The van der Waals surface area contributed by atoms with Crippen LogP contribution in [0.3, 0.4) is 0 Å². The van der Waals surface area contributed by atoms with Gasteiger partial charge in [-0.1, -0.05) is 310 Å². The fraction of sp³-hybridized carbons (Fsp3) is 1.00. The summed E-state index contributed by atoms with van der Waals surface area (Å²) in [5.41, 5.74) is -1.09. The van der Waals surface area contributed by atoms with Gasteiger partial charge in [-0.15, -0.1) is 0 Å². The van der Waals surface area contributed by atoms with E-state index in [1.807, 2.05) is 0 Å². The van der Waals surface area contributed by atoms with Gasteiger partial charge in [-0.05, 0) is 25.7 Å². The van der Waals surface area contributed by atoms with E-state index in [0.29, 0.717) is 23.0 Å². The lowest BCUT2D eigenvalue weighted by Gasteiger charge is -2.31. The molecule has 0 aliphatic heterocycles. The van der Waals surface area contributed by atoms with Gasteiger partial charge in [0.1, 0.15) is 0 Å². The molecule has 0 saturated carbocycles. The van der Waals surface area contributed by atoms with Crippen molar-refractivity contribution in [2.45, 2.75) is 336 Å². The lowest BCUT2D eigenvalue weighted by atomic mass is 9.93. The zero-order chi connectivity index (χ0) is 53.2. The van der Waals surface area contributed by atoms with Crippen LogP contribution in [0.5, 0.6) is 0 Å². The van der Waals surface area contributed by atoms with Crippen molar-refractivity contribution in [1.29, 1.82) is 0 Å². The molecule has 0 aliphatic rings. The molecular formula is C61H124O8S4. The van der Waals surface area contributed by atoms with Crippen molar-refractivity contribution in [3.05, 3.63) is 0 Å². The molecule has 0 amide bonds. The molecule has 0 rings (SSSR count). The summed E-state index contributed by atoms with van der Waals surface area (Å²) in [6.07, 6.45) is 59.1. The van der Waals surface area contributed by atoms with Crippen LogP contribution >= 0.6 is 0 Å². The minimum Gasteiger partial charge on any atom is -0.290 e. The minimum atomic E-state index is -1.56. The summed E-state index contributed by atoms with van der Waals surface area (Å²) in [6.45, 7) is 8.83. The van der Waals surface area contributed by atoms with Gasteiger partial charge in [-0.2, -0.15) is 0 Å². The smallest absolute Gasteiger partial charge is 0.155 e. The summed E-state index contributed by atoms with van der Waals surface area (Å²) < 4.78 is 77.9. The molecule has 4 atom stereocenters. The van der Waals surface area contributed by atoms with Crippen LogP contribution in [0, 0.1) is 5.41 Å². The molecule has 0 saturated heterocycles. The van der Waals surface area contributed by atoms with Gasteiger partial charge in [0.15, 0.2) is 44.3 Å². The molecular weight excluding hydrogens is 989 g/mol. The Balaban J connectivity index is 5.43. The molecule has 440 valence electrons. The normalized spacial score (nSPS) is 14.4. The van der Waals surface area contributed by atoms with Gasteiger partial charge in [0.25, 0.3) is 0 Å². The van der Waals surface area contributed by atoms with Gasteiger partial charge in [-0.25, -0.2) is 16.8 Å². The number of rotatable bonds is 64. The number of unbranched alkanes of at least 4 members (excludes halogenated alkanes) is 44. The molecule has 8 nitrogen and oxygen atoms in total. The maximum absolute atomic E-state index is 13.4. The minimum absolute atomic E-state index is 0.0563. The molecule has 0 aromatic heterocycles. The quantitative estimate of drug-likeness (QED) is 0.0555. The van der Waals surface area contributed by atoms with E-state index < -0.39 is 49.7 Å². The summed E-state index contributed by atoms with van der Waals surface area (Å²) in [5, 5.41) is 0. The fourth-order valence-corrected chi connectivity index (χ4v) is 13.2. The second-order valence-corrected chi connectivity index (χ2v) is 27.1. The Hall–Kier alpha value is 0.440. The van der Waals surface area contributed by atoms with E-state index in [-0.39, 0.29) is 26.4 Å². The summed E-state index contributed by atoms with van der Waals surface area (Å²) in [7, 11) is 0. The number of hydrogen-bond acceptors (Lipinski definition) is 8. The van der Waals surface area contributed by atoms with Crippen LogP contribution in [0.15, 0.2) is 0 Å². The van der Waals surface area contributed by atoms with Gasteiger partial charge in [-0.3, -0.25) is 16.7 Å². The van der Waals surface area contributed by atoms with E-state index in [2.05, 4.69) is 27.7 Å². The molecule has 0 bridgehead atoms. The van der Waals surface area contributed by atoms with Crippen molar-refractivity contribution in [3.8, 4) is 0 Å². The molecule has 0 aromatic rings. The van der Waals surface area contributed by atoms with E-state index in [1.165, 1.54) is 231 Å². The molecule has 73 heavy (non-hydrogen) atoms. The number of hydrogen-bond donors (Lipinski definition) is 0. The molecule has 0 N–H and O–H groups in total. The monoisotopic (exact) mass is 1110 g/mol. The first-order valence-electron chi connectivity index (χ1n) is 31.9. The highest BCUT2D eigenvalue weighted by Crippen LogP contribution is 2.25. The Bertz CT molecular complexity index is 1030.